The molecule has 2 bridgehead atoms. The van der Waals surface area contributed by atoms with Crippen molar-refractivity contribution in [1.29, 1.82) is 0 Å². The van der Waals surface area contributed by atoms with E-state index in [-0.39, 0.29) is 12.1 Å². The van der Waals surface area contributed by atoms with E-state index in [4.69, 9.17) is 4.74 Å². The third-order valence-corrected chi connectivity index (χ3v) is 5.16. The van der Waals surface area contributed by atoms with Gasteiger partial charge in [-0.05, 0) is 18.4 Å². The van der Waals surface area contributed by atoms with Crippen LogP contribution in [0.25, 0.3) is 0 Å². The molecule has 0 radical (unpaired) electrons. The van der Waals surface area contributed by atoms with E-state index in [9.17, 15) is 5.11 Å². The van der Waals surface area contributed by atoms with Crippen LogP contribution in [0.3, 0.4) is 0 Å². The first-order valence-electron chi connectivity index (χ1n) is 8.23. The van der Waals surface area contributed by atoms with Gasteiger partial charge in [0.2, 0.25) is 0 Å². The summed E-state index contributed by atoms with van der Waals surface area (Å²) >= 11 is 0. The summed E-state index contributed by atoms with van der Waals surface area (Å²) in [5, 5.41) is 15.4. The van der Waals surface area contributed by atoms with E-state index in [1.807, 2.05) is 19.3 Å². The zero-order chi connectivity index (χ0) is 15.9. The van der Waals surface area contributed by atoms with Crippen LogP contribution in [0.1, 0.15) is 24.0 Å². The van der Waals surface area contributed by atoms with Crippen molar-refractivity contribution < 1.29 is 9.84 Å². The number of rotatable bonds is 3. The van der Waals surface area contributed by atoms with Gasteiger partial charge in [-0.3, -0.25) is 9.58 Å². The van der Waals surface area contributed by atoms with Crippen molar-refractivity contribution in [2.45, 2.75) is 37.1 Å². The molecule has 0 saturated carbocycles. The monoisotopic (exact) mass is 313 g/mol. The molecule has 2 aromatic rings. The highest BCUT2D eigenvalue weighted by atomic mass is 16.5. The Bertz CT molecular complexity index is 656. The van der Waals surface area contributed by atoms with Crippen LogP contribution in [0.2, 0.25) is 0 Å². The largest absolute Gasteiger partial charge is 0.385 e. The summed E-state index contributed by atoms with van der Waals surface area (Å²) in [5.41, 5.74) is 1.45. The average Bonchev–Trinajstić information content (AvgIpc) is 2.97. The highest BCUT2D eigenvalue weighted by molar-refractivity contribution is 5.20. The Morgan fingerprint density at radius 3 is 2.52 bits per heavy atom. The number of piperidine rings is 1. The first-order chi connectivity index (χ1) is 11.1. The second-order valence-corrected chi connectivity index (χ2v) is 6.85. The fourth-order valence-corrected chi connectivity index (χ4v) is 3.99. The smallest absolute Gasteiger partial charge is 0.0958 e. The SMILES string of the molecule is Cn1cc(C2(O)CC3COCC(C2)N3Cc2ccccc2)cn1. The van der Waals surface area contributed by atoms with Crippen LogP contribution in [0, 0.1) is 0 Å². The number of morpholine rings is 1. The van der Waals surface area contributed by atoms with Gasteiger partial charge in [0.25, 0.3) is 0 Å². The molecule has 0 spiro atoms. The molecule has 5 nitrogen and oxygen atoms in total. The van der Waals surface area contributed by atoms with Crippen molar-refractivity contribution in [1.82, 2.24) is 14.7 Å². The molecule has 2 unspecified atom stereocenters. The third kappa shape index (κ3) is 2.80. The maximum Gasteiger partial charge on any atom is 0.0958 e. The molecule has 2 fully saturated rings. The van der Waals surface area contributed by atoms with E-state index in [1.54, 1.807) is 10.9 Å². The fraction of sp³-hybridized carbons (Fsp3) is 0.500. The Labute approximate surface area is 136 Å². The molecule has 3 heterocycles. The van der Waals surface area contributed by atoms with Gasteiger partial charge in [-0.1, -0.05) is 30.3 Å². The standard InChI is InChI=1S/C18H23N3O2/c1-20-11-15(9-19-20)18(22)7-16-12-23-13-17(8-18)21(16)10-14-5-3-2-4-6-14/h2-6,9,11,16-17,22H,7-8,10,12-13H2,1H3. The van der Waals surface area contributed by atoms with E-state index in [1.165, 1.54) is 5.56 Å². The van der Waals surface area contributed by atoms with Gasteiger partial charge in [0.15, 0.2) is 0 Å². The highest BCUT2D eigenvalue weighted by Crippen LogP contribution is 2.41. The van der Waals surface area contributed by atoms with Gasteiger partial charge >= 0.3 is 0 Å². The Morgan fingerprint density at radius 2 is 1.91 bits per heavy atom. The number of fused-ring (bicyclic) bond motifs is 2. The number of hydrogen-bond acceptors (Lipinski definition) is 4. The topological polar surface area (TPSA) is 50.5 Å². The van der Waals surface area contributed by atoms with Crippen molar-refractivity contribution in [3.8, 4) is 0 Å². The van der Waals surface area contributed by atoms with Crippen molar-refractivity contribution in [2.75, 3.05) is 13.2 Å². The molecule has 2 saturated heterocycles. The Hall–Kier alpha value is -1.69. The molecule has 1 N–H and O–H groups in total. The Morgan fingerprint density at radius 1 is 1.22 bits per heavy atom. The Balaban J connectivity index is 1.57. The van der Waals surface area contributed by atoms with Gasteiger partial charge in [0, 0.05) is 37.4 Å². The minimum Gasteiger partial charge on any atom is -0.385 e. The molecule has 5 heteroatoms. The lowest BCUT2D eigenvalue weighted by Gasteiger charge is -2.51. The summed E-state index contributed by atoms with van der Waals surface area (Å²) < 4.78 is 7.53. The summed E-state index contributed by atoms with van der Waals surface area (Å²) in [6.07, 6.45) is 5.12. The molecular formula is C18H23N3O2. The van der Waals surface area contributed by atoms with Crippen LogP contribution in [0.4, 0.5) is 0 Å². The molecule has 4 rings (SSSR count). The maximum absolute atomic E-state index is 11.2. The fourth-order valence-electron chi connectivity index (χ4n) is 3.99. The van der Waals surface area contributed by atoms with Crippen molar-refractivity contribution in [3.05, 3.63) is 53.9 Å². The molecule has 0 aliphatic carbocycles. The molecule has 2 atom stereocenters. The third-order valence-electron chi connectivity index (χ3n) is 5.16. The molecular weight excluding hydrogens is 290 g/mol. The normalized spacial score (nSPS) is 31.2. The van der Waals surface area contributed by atoms with E-state index in [0.29, 0.717) is 26.1 Å². The highest BCUT2D eigenvalue weighted by Gasteiger charge is 2.47. The molecule has 1 aromatic carbocycles. The quantitative estimate of drug-likeness (QED) is 0.936. The molecule has 1 aromatic heterocycles. The first kappa shape index (κ1) is 14.9. The van der Waals surface area contributed by atoms with Gasteiger partial charge in [0.1, 0.15) is 0 Å². The first-order valence-corrected chi connectivity index (χ1v) is 8.23. The van der Waals surface area contributed by atoms with Gasteiger partial charge in [-0.15, -0.1) is 0 Å². The predicted molar refractivity (Wildman–Crippen MR) is 86.7 cm³/mol. The number of hydrogen-bond donors (Lipinski definition) is 1. The summed E-state index contributed by atoms with van der Waals surface area (Å²) in [5.74, 6) is 0. The second kappa shape index (κ2) is 5.74. The molecule has 0 amide bonds. The lowest BCUT2D eigenvalue weighted by Crippen LogP contribution is -2.60. The number of benzene rings is 1. The number of ether oxygens (including phenoxy) is 1. The van der Waals surface area contributed by atoms with E-state index in [2.05, 4.69) is 34.3 Å². The zero-order valence-corrected chi connectivity index (χ0v) is 13.4. The van der Waals surface area contributed by atoms with E-state index < -0.39 is 5.60 Å². The summed E-state index contributed by atoms with van der Waals surface area (Å²) in [7, 11) is 1.89. The van der Waals surface area contributed by atoms with Gasteiger partial charge in [0.05, 0.1) is 25.0 Å². The van der Waals surface area contributed by atoms with Crippen LogP contribution < -0.4 is 0 Å². The lowest BCUT2D eigenvalue weighted by molar-refractivity contribution is -0.149. The molecule has 23 heavy (non-hydrogen) atoms. The Kier molecular flexibility index (Phi) is 3.71. The van der Waals surface area contributed by atoms with E-state index >= 15 is 0 Å². The van der Waals surface area contributed by atoms with Crippen molar-refractivity contribution in [2.24, 2.45) is 7.05 Å². The zero-order valence-electron chi connectivity index (χ0n) is 13.4. The molecule has 2 aliphatic rings. The number of nitrogens with zero attached hydrogens (tertiary/aromatic N) is 3. The minimum absolute atomic E-state index is 0.243. The maximum atomic E-state index is 11.2. The van der Waals surface area contributed by atoms with Crippen LogP contribution in [-0.4, -0.2) is 45.1 Å². The van der Waals surface area contributed by atoms with Crippen molar-refractivity contribution in [3.63, 3.8) is 0 Å². The number of aryl methyl sites for hydroxylation is 1. The number of aliphatic hydroxyl groups is 1. The summed E-state index contributed by atoms with van der Waals surface area (Å²) in [6.45, 7) is 2.29. The summed E-state index contributed by atoms with van der Waals surface area (Å²) in [4.78, 5) is 2.50. The van der Waals surface area contributed by atoms with Crippen molar-refractivity contribution >= 4 is 0 Å². The van der Waals surface area contributed by atoms with Gasteiger partial charge < -0.3 is 9.84 Å². The molecule has 2 aliphatic heterocycles. The van der Waals surface area contributed by atoms with Crippen LogP contribution in [-0.2, 0) is 23.9 Å². The van der Waals surface area contributed by atoms with Crippen LogP contribution in [0.5, 0.6) is 0 Å². The average molecular weight is 313 g/mol. The second-order valence-electron chi connectivity index (χ2n) is 6.85. The minimum atomic E-state index is -0.791. The summed E-state index contributed by atoms with van der Waals surface area (Å²) in [6, 6.07) is 11.0. The number of aromatic nitrogens is 2. The van der Waals surface area contributed by atoms with Gasteiger partial charge in [-0.25, -0.2) is 0 Å². The van der Waals surface area contributed by atoms with Crippen LogP contribution >= 0.6 is 0 Å². The predicted octanol–water partition coefficient (Wildman–Crippen LogP) is 1.67. The lowest BCUT2D eigenvalue weighted by atomic mass is 9.77. The van der Waals surface area contributed by atoms with Gasteiger partial charge in [-0.2, -0.15) is 5.10 Å². The molecule has 122 valence electrons. The van der Waals surface area contributed by atoms with Crippen LogP contribution in [0.15, 0.2) is 42.7 Å². The van der Waals surface area contributed by atoms with E-state index in [0.717, 1.165) is 12.1 Å².